The molecule has 0 bridgehead atoms. The van der Waals surface area contributed by atoms with Gasteiger partial charge in [0.2, 0.25) is 0 Å². The molecular formula is C25H30FN3O3S3. The Labute approximate surface area is 218 Å². The largest absolute Gasteiger partial charge is 0.411 e. The van der Waals surface area contributed by atoms with Gasteiger partial charge in [0.05, 0.1) is 11.3 Å². The third-order valence-electron chi connectivity index (χ3n) is 6.12. The molecule has 2 aromatic rings. The van der Waals surface area contributed by atoms with E-state index in [0.717, 1.165) is 38.7 Å². The van der Waals surface area contributed by atoms with Crippen LogP contribution in [-0.2, 0) is 21.5 Å². The van der Waals surface area contributed by atoms with E-state index in [1.807, 2.05) is 28.2 Å². The van der Waals surface area contributed by atoms with E-state index in [0.29, 0.717) is 31.8 Å². The maximum Gasteiger partial charge on any atom is 0.124 e. The Hall–Kier alpha value is -1.69. The van der Waals surface area contributed by atoms with E-state index < -0.39 is 5.60 Å². The minimum Gasteiger partial charge on any atom is -0.411 e. The number of hydrogen-bond donors (Lipinski definition) is 2. The molecule has 0 saturated carbocycles. The van der Waals surface area contributed by atoms with Gasteiger partial charge in [-0.25, -0.2) is 4.39 Å². The molecule has 0 spiro atoms. The van der Waals surface area contributed by atoms with E-state index in [-0.39, 0.29) is 5.82 Å². The molecule has 10 heteroatoms. The second-order valence-corrected chi connectivity index (χ2v) is 12.0. The van der Waals surface area contributed by atoms with Crippen molar-refractivity contribution in [2.45, 2.75) is 48.5 Å². The molecule has 0 amide bonds. The van der Waals surface area contributed by atoms with E-state index in [9.17, 15) is 9.60 Å². The molecule has 0 radical (unpaired) electrons. The fourth-order valence-corrected chi connectivity index (χ4v) is 7.04. The van der Waals surface area contributed by atoms with Crippen LogP contribution in [0, 0.1) is 5.82 Å². The molecule has 0 aliphatic carbocycles. The quantitative estimate of drug-likeness (QED) is 0.167. The van der Waals surface area contributed by atoms with Gasteiger partial charge >= 0.3 is 0 Å². The smallest absolute Gasteiger partial charge is 0.124 e. The lowest BCUT2D eigenvalue weighted by Crippen LogP contribution is -2.35. The zero-order chi connectivity index (χ0) is 24.8. The highest BCUT2D eigenvalue weighted by Gasteiger charge is 2.35. The predicted octanol–water partition coefficient (Wildman–Crippen LogP) is 6.35. The van der Waals surface area contributed by atoms with Gasteiger partial charge in [0, 0.05) is 65.4 Å². The molecule has 0 atom stereocenters. The molecule has 2 N–H and O–H groups in total. The number of aryl methyl sites for hydroxylation is 1. The molecule has 6 nitrogen and oxygen atoms in total. The Kier molecular flexibility index (Phi) is 9.07. The first-order chi connectivity index (χ1) is 16.9. The van der Waals surface area contributed by atoms with Crippen LogP contribution in [-0.4, -0.2) is 40.8 Å². The molecule has 188 valence electrons. The highest BCUT2D eigenvalue weighted by Crippen LogP contribution is 2.39. The number of allylic oxidation sites excluding steroid dienone is 1. The van der Waals surface area contributed by atoms with Gasteiger partial charge in [-0.3, -0.25) is 0 Å². The second kappa shape index (κ2) is 12.0. The second-order valence-electron chi connectivity index (χ2n) is 8.41. The summed E-state index contributed by atoms with van der Waals surface area (Å²) in [6, 6.07) is 11.2. The van der Waals surface area contributed by atoms with Crippen molar-refractivity contribution in [3.05, 3.63) is 70.0 Å². The molecule has 0 aromatic heterocycles. The summed E-state index contributed by atoms with van der Waals surface area (Å²) in [5.74, 6) is 0.577. The Morgan fingerprint density at radius 1 is 1.26 bits per heavy atom. The number of hydrazine groups is 1. The summed E-state index contributed by atoms with van der Waals surface area (Å²) in [5.41, 5.74) is 6.10. The number of nitrogens with one attached hydrogen (secondary N) is 1. The predicted molar refractivity (Wildman–Crippen MR) is 142 cm³/mol. The summed E-state index contributed by atoms with van der Waals surface area (Å²) in [6.07, 6.45) is 4.17. The number of hydrogen-bond acceptors (Lipinski definition) is 9. The standard InChI is InChI=1S/C25H30FN3O3S3/c1-17-16-27-29(35-17)33-11-6-19-12-22(4-5-24(19)18(2)28-30)34-23-14-20(13-21(26)15-23)25(31-3)7-9-32-10-8-25/h4-5,12-16,27,30H,6-11H2,1-3H3/b28-18+. The van der Waals surface area contributed by atoms with Gasteiger partial charge in [-0.05, 0) is 85.6 Å². The lowest BCUT2D eigenvalue weighted by molar-refractivity contribution is -0.0950. The maximum atomic E-state index is 14.7. The monoisotopic (exact) mass is 535 g/mol. The highest BCUT2D eigenvalue weighted by atomic mass is 32.2. The minimum atomic E-state index is -0.522. The molecule has 2 aromatic carbocycles. The first-order valence-corrected chi connectivity index (χ1v) is 13.9. The number of oxime groups is 1. The zero-order valence-electron chi connectivity index (χ0n) is 20.0. The van der Waals surface area contributed by atoms with Crippen LogP contribution in [0.25, 0.3) is 0 Å². The van der Waals surface area contributed by atoms with Crippen molar-refractivity contribution in [1.29, 1.82) is 0 Å². The highest BCUT2D eigenvalue weighted by molar-refractivity contribution is 8.13. The van der Waals surface area contributed by atoms with E-state index in [2.05, 4.69) is 23.6 Å². The number of rotatable bonds is 9. The third kappa shape index (κ3) is 6.55. The molecule has 2 aliphatic heterocycles. The maximum absolute atomic E-state index is 14.7. The fraction of sp³-hybridized carbons (Fsp3) is 0.400. The molecule has 1 saturated heterocycles. The lowest BCUT2D eigenvalue weighted by Gasteiger charge is -2.36. The number of nitrogens with zero attached hydrogens (tertiary/aromatic N) is 2. The van der Waals surface area contributed by atoms with Crippen molar-refractivity contribution in [2.24, 2.45) is 5.16 Å². The van der Waals surface area contributed by atoms with E-state index in [1.54, 1.807) is 50.1 Å². The molecular weight excluding hydrogens is 505 g/mol. The van der Waals surface area contributed by atoms with Gasteiger partial charge in [-0.15, -0.1) is 3.82 Å². The molecule has 1 fully saturated rings. The normalized spacial score (nSPS) is 18.4. The van der Waals surface area contributed by atoms with E-state index in [4.69, 9.17) is 9.47 Å². The molecule has 4 rings (SSSR count). The van der Waals surface area contributed by atoms with Gasteiger partial charge in [0.15, 0.2) is 0 Å². The van der Waals surface area contributed by atoms with Crippen LogP contribution in [0.15, 0.2) is 62.4 Å². The molecule has 2 aliphatic rings. The van der Waals surface area contributed by atoms with Crippen LogP contribution < -0.4 is 5.43 Å². The lowest BCUT2D eigenvalue weighted by atomic mass is 9.86. The van der Waals surface area contributed by atoms with Crippen molar-refractivity contribution >= 4 is 41.4 Å². The number of methoxy groups -OCH3 is 1. The Bertz CT molecular complexity index is 1110. The van der Waals surface area contributed by atoms with Crippen molar-refractivity contribution < 1.29 is 19.1 Å². The minimum absolute atomic E-state index is 0.274. The Balaban J connectivity index is 1.53. The molecule has 35 heavy (non-hydrogen) atoms. The fourth-order valence-electron chi connectivity index (χ4n) is 4.21. The van der Waals surface area contributed by atoms with Crippen LogP contribution in [0.2, 0.25) is 0 Å². The van der Waals surface area contributed by atoms with E-state index in [1.165, 1.54) is 16.7 Å². The van der Waals surface area contributed by atoms with Crippen molar-refractivity contribution in [2.75, 3.05) is 26.1 Å². The number of halogens is 1. The Morgan fingerprint density at radius 3 is 2.74 bits per heavy atom. The van der Waals surface area contributed by atoms with Crippen LogP contribution >= 0.6 is 35.7 Å². The van der Waals surface area contributed by atoms with Gasteiger partial charge in [-0.2, -0.15) is 0 Å². The van der Waals surface area contributed by atoms with Crippen LogP contribution in [0.5, 0.6) is 0 Å². The average molecular weight is 536 g/mol. The first kappa shape index (κ1) is 26.4. The average Bonchev–Trinajstić information content (AvgIpc) is 3.28. The SMILES string of the molecule is COC1(c2cc(F)cc(Sc3ccc(/C(C)=N/O)c(CCSN4NC=C(C)S4)c3)c2)CCOCC1. The topological polar surface area (TPSA) is 66.3 Å². The van der Waals surface area contributed by atoms with Gasteiger partial charge in [-0.1, -0.05) is 23.0 Å². The third-order valence-corrected chi connectivity index (χ3v) is 9.03. The van der Waals surface area contributed by atoms with E-state index >= 15 is 0 Å². The van der Waals surface area contributed by atoms with Crippen LogP contribution in [0.4, 0.5) is 4.39 Å². The summed E-state index contributed by atoms with van der Waals surface area (Å²) >= 11 is 4.87. The van der Waals surface area contributed by atoms with Crippen molar-refractivity contribution in [3.63, 3.8) is 0 Å². The summed E-state index contributed by atoms with van der Waals surface area (Å²) < 4.78 is 28.1. The van der Waals surface area contributed by atoms with Gasteiger partial charge in [0.1, 0.15) is 5.82 Å². The number of benzene rings is 2. The van der Waals surface area contributed by atoms with Gasteiger partial charge in [0.25, 0.3) is 0 Å². The molecule has 2 heterocycles. The Morgan fingerprint density at radius 2 is 2.06 bits per heavy atom. The number of ether oxygens (including phenoxy) is 2. The first-order valence-electron chi connectivity index (χ1n) is 11.4. The van der Waals surface area contributed by atoms with Crippen LogP contribution in [0.3, 0.4) is 0 Å². The summed E-state index contributed by atoms with van der Waals surface area (Å²) in [5, 5.41) is 12.8. The zero-order valence-corrected chi connectivity index (χ0v) is 22.5. The molecule has 0 unspecified atom stereocenters. The summed E-state index contributed by atoms with van der Waals surface area (Å²) in [6.45, 7) is 5.05. The van der Waals surface area contributed by atoms with Crippen LogP contribution in [0.1, 0.15) is 43.4 Å². The summed E-state index contributed by atoms with van der Waals surface area (Å²) in [4.78, 5) is 3.04. The van der Waals surface area contributed by atoms with Gasteiger partial charge < -0.3 is 20.1 Å². The summed E-state index contributed by atoms with van der Waals surface area (Å²) in [7, 11) is 1.69. The van der Waals surface area contributed by atoms with Crippen molar-refractivity contribution in [1.82, 2.24) is 9.25 Å². The van der Waals surface area contributed by atoms with Crippen molar-refractivity contribution in [3.8, 4) is 0 Å².